The van der Waals surface area contributed by atoms with Gasteiger partial charge >= 0.3 is 5.97 Å². The minimum Gasteiger partial charge on any atom is -0.478 e. The molecule has 2 aromatic rings. The molecule has 2 heterocycles. The molecule has 0 saturated heterocycles. The summed E-state index contributed by atoms with van der Waals surface area (Å²) < 4.78 is 0. The molecule has 1 aliphatic rings. The van der Waals surface area contributed by atoms with Crippen molar-refractivity contribution in [2.75, 3.05) is 23.4 Å². The second-order valence-electron chi connectivity index (χ2n) is 5.06. The molecule has 112 valence electrons. The van der Waals surface area contributed by atoms with Gasteiger partial charge in [0.25, 0.3) is 0 Å². The third-order valence-corrected chi connectivity index (χ3v) is 3.69. The van der Waals surface area contributed by atoms with Gasteiger partial charge in [-0.15, -0.1) is 0 Å². The number of anilines is 2. The highest BCUT2D eigenvalue weighted by atomic mass is 16.4. The zero-order chi connectivity index (χ0) is 15.7. The summed E-state index contributed by atoms with van der Waals surface area (Å²) in [5, 5.41) is 16.7. The number of aromatic nitrogens is 2. The SMILES string of the molecule is CN1C(=O)CN(c2ccnnc2)Cc2ccc(C(=O)O)cc21. The molecule has 0 unspecified atom stereocenters. The maximum atomic E-state index is 12.3. The van der Waals surface area contributed by atoms with Crippen molar-refractivity contribution in [3.8, 4) is 0 Å². The molecule has 0 atom stereocenters. The molecule has 1 aromatic heterocycles. The van der Waals surface area contributed by atoms with Gasteiger partial charge < -0.3 is 14.9 Å². The van der Waals surface area contributed by atoms with Crippen LogP contribution in [0, 0.1) is 0 Å². The number of carbonyl (C=O) groups is 2. The van der Waals surface area contributed by atoms with Crippen LogP contribution in [0.1, 0.15) is 15.9 Å². The minimum absolute atomic E-state index is 0.113. The molecular formula is C15H14N4O3. The number of carboxylic acid groups (broad SMARTS) is 1. The second kappa shape index (κ2) is 5.44. The molecule has 0 saturated carbocycles. The number of fused-ring (bicyclic) bond motifs is 1. The molecule has 1 aromatic carbocycles. The van der Waals surface area contributed by atoms with Crippen LogP contribution in [0.2, 0.25) is 0 Å². The summed E-state index contributed by atoms with van der Waals surface area (Å²) in [6.07, 6.45) is 3.17. The standard InChI is InChI=1S/C15H14N4O3/c1-18-13-6-10(15(21)22)2-3-11(13)8-19(9-14(18)20)12-4-5-16-17-7-12/h2-7H,8-9H2,1H3,(H,21,22). The lowest BCUT2D eigenvalue weighted by molar-refractivity contribution is -0.117. The maximum Gasteiger partial charge on any atom is 0.335 e. The normalized spacial score (nSPS) is 14.5. The van der Waals surface area contributed by atoms with E-state index in [4.69, 9.17) is 5.11 Å². The maximum absolute atomic E-state index is 12.3. The molecule has 0 spiro atoms. The van der Waals surface area contributed by atoms with Gasteiger partial charge in [0.15, 0.2) is 0 Å². The van der Waals surface area contributed by atoms with Gasteiger partial charge in [-0.25, -0.2) is 4.79 Å². The van der Waals surface area contributed by atoms with Gasteiger partial charge in [-0.1, -0.05) is 6.07 Å². The Morgan fingerprint density at radius 1 is 1.23 bits per heavy atom. The number of aromatic carboxylic acids is 1. The fraction of sp³-hybridized carbons (Fsp3) is 0.200. The van der Waals surface area contributed by atoms with Gasteiger partial charge in [0.2, 0.25) is 5.91 Å². The molecule has 3 rings (SSSR count). The molecule has 1 aliphatic heterocycles. The molecule has 0 radical (unpaired) electrons. The zero-order valence-corrected chi connectivity index (χ0v) is 11.9. The van der Waals surface area contributed by atoms with Crippen LogP contribution in [0.5, 0.6) is 0 Å². The lowest BCUT2D eigenvalue weighted by Crippen LogP contribution is -2.35. The monoisotopic (exact) mass is 298 g/mol. The lowest BCUT2D eigenvalue weighted by atomic mass is 10.1. The number of rotatable bonds is 2. The smallest absolute Gasteiger partial charge is 0.335 e. The van der Waals surface area contributed by atoms with Crippen molar-refractivity contribution < 1.29 is 14.7 Å². The molecule has 22 heavy (non-hydrogen) atoms. The first-order valence-electron chi connectivity index (χ1n) is 6.70. The van der Waals surface area contributed by atoms with Crippen molar-refractivity contribution in [1.29, 1.82) is 0 Å². The number of hydrogen-bond donors (Lipinski definition) is 1. The summed E-state index contributed by atoms with van der Waals surface area (Å²) in [5.41, 5.74) is 2.47. The second-order valence-corrected chi connectivity index (χ2v) is 5.06. The van der Waals surface area contributed by atoms with Crippen molar-refractivity contribution in [3.05, 3.63) is 47.8 Å². The Bertz CT molecular complexity index is 733. The Balaban J connectivity index is 2.03. The van der Waals surface area contributed by atoms with E-state index >= 15 is 0 Å². The lowest BCUT2D eigenvalue weighted by Gasteiger charge is -2.21. The van der Waals surface area contributed by atoms with Crippen molar-refractivity contribution >= 4 is 23.3 Å². The number of benzene rings is 1. The molecule has 7 heteroatoms. The van der Waals surface area contributed by atoms with Crippen LogP contribution in [-0.2, 0) is 11.3 Å². The van der Waals surface area contributed by atoms with Crippen LogP contribution in [0.15, 0.2) is 36.7 Å². The number of nitrogens with zero attached hydrogens (tertiary/aromatic N) is 4. The van der Waals surface area contributed by atoms with E-state index in [1.165, 1.54) is 11.0 Å². The Labute approximate surface area is 126 Å². The number of carboxylic acids is 1. The van der Waals surface area contributed by atoms with E-state index in [0.29, 0.717) is 12.2 Å². The summed E-state index contributed by atoms with van der Waals surface area (Å²) in [7, 11) is 1.65. The van der Waals surface area contributed by atoms with Gasteiger partial charge in [0.05, 0.1) is 30.2 Å². The van der Waals surface area contributed by atoms with E-state index in [0.717, 1.165) is 11.3 Å². The largest absolute Gasteiger partial charge is 0.478 e. The van der Waals surface area contributed by atoms with Gasteiger partial charge in [0, 0.05) is 19.3 Å². The number of hydrogen-bond acceptors (Lipinski definition) is 5. The van der Waals surface area contributed by atoms with Crippen LogP contribution in [-0.4, -0.2) is 40.8 Å². The summed E-state index contributed by atoms with van der Waals surface area (Å²) >= 11 is 0. The average molecular weight is 298 g/mol. The Morgan fingerprint density at radius 2 is 2.05 bits per heavy atom. The third-order valence-electron chi connectivity index (χ3n) is 3.69. The molecular weight excluding hydrogens is 284 g/mol. The fourth-order valence-corrected chi connectivity index (χ4v) is 2.46. The van der Waals surface area contributed by atoms with E-state index in [1.807, 2.05) is 4.90 Å². The van der Waals surface area contributed by atoms with Crippen molar-refractivity contribution in [1.82, 2.24) is 10.2 Å². The van der Waals surface area contributed by atoms with Crippen LogP contribution in [0.25, 0.3) is 0 Å². The van der Waals surface area contributed by atoms with Gasteiger partial charge in [-0.05, 0) is 23.8 Å². The predicted molar refractivity (Wildman–Crippen MR) is 79.9 cm³/mol. The van der Waals surface area contributed by atoms with Crippen molar-refractivity contribution in [2.24, 2.45) is 0 Å². The summed E-state index contributed by atoms with van der Waals surface area (Å²) in [5.74, 6) is -1.12. The Morgan fingerprint density at radius 3 is 2.73 bits per heavy atom. The number of carbonyl (C=O) groups excluding carboxylic acids is 1. The van der Waals surface area contributed by atoms with Gasteiger partial charge in [-0.2, -0.15) is 10.2 Å². The molecule has 0 aliphatic carbocycles. The van der Waals surface area contributed by atoms with E-state index in [1.54, 1.807) is 37.6 Å². The highest BCUT2D eigenvalue weighted by Crippen LogP contribution is 2.28. The van der Waals surface area contributed by atoms with E-state index < -0.39 is 5.97 Å². The minimum atomic E-state index is -1.01. The fourth-order valence-electron chi connectivity index (χ4n) is 2.46. The summed E-state index contributed by atoms with van der Waals surface area (Å²) in [6, 6.07) is 6.62. The van der Waals surface area contributed by atoms with Crippen molar-refractivity contribution in [3.63, 3.8) is 0 Å². The van der Waals surface area contributed by atoms with E-state index in [9.17, 15) is 9.59 Å². The Kier molecular flexibility index (Phi) is 3.46. The van der Waals surface area contributed by atoms with E-state index in [2.05, 4.69) is 10.2 Å². The first kappa shape index (κ1) is 14.0. The summed E-state index contributed by atoms with van der Waals surface area (Å²) in [4.78, 5) is 26.8. The van der Waals surface area contributed by atoms with Crippen LogP contribution < -0.4 is 9.80 Å². The average Bonchev–Trinajstić information content (AvgIpc) is 2.65. The van der Waals surface area contributed by atoms with Gasteiger partial charge in [0.1, 0.15) is 0 Å². The highest BCUT2D eigenvalue weighted by molar-refractivity contribution is 5.99. The molecule has 1 N–H and O–H groups in total. The number of likely N-dealkylation sites (N-methyl/N-ethyl adjacent to an activating group) is 1. The zero-order valence-electron chi connectivity index (χ0n) is 11.9. The molecule has 0 bridgehead atoms. The van der Waals surface area contributed by atoms with Crippen molar-refractivity contribution in [2.45, 2.75) is 6.54 Å². The first-order valence-corrected chi connectivity index (χ1v) is 6.70. The van der Waals surface area contributed by atoms with E-state index in [-0.39, 0.29) is 18.0 Å². The topological polar surface area (TPSA) is 86.6 Å². The summed E-state index contributed by atoms with van der Waals surface area (Å²) in [6.45, 7) is 0.691. The first-order chi connectivity index (χ1) is 10.6. The van der Waals surface area contributed by atoms with Crippen LogP contribution in [0.4, 0.5) is 11.4 Å². The molecule has 1 amide bonds. The third kappa shape index (κ3) is 2.48. The molecule has 0 fully saturated rings. The van der Waals surface area contributed by atoms with Gasteiger partial charge in [-0.3, -0.25) is 4.79 Å². The number of amides is 1. The Hall–Kier alpha value is -2.96. The highest BCUT2D eigenvalue weighted by Gasteiger charge is 2.25. The quantitative estimate of drug-likeness (QED) is 0.895. The van der Waals surface area contributed by atoms with Crippen LogP contribution >= 0.6 is 0 Å². The molecule has 7 nitrogen and oxygen atoms in total. The van der Waals surface area contributed by atoms with Crippen LogP contribution in [0.3, 0.4) is 0 Å². The predicted octanol–water partition coefficient (Wildman–Crippen LogP) is 1.16.